The predicted octanol–water partition coefficient (Wildman–Crippen LogP) is 5.00. The van der Waals surface area contributed by atoms with Crippen molar-refractivity contribution in [3.05, 3.63) is 70.6 Å². The molecular weight excluding hydrogens is 341 g/mol. The van der Waals surface area contributed by atoms with E-state index in [0.717, 1.165) is 24.1 Å². The summed E-state index contributed by atoms with van der Waals surface area (Å²) in [5, 5.41) is 11.0. The van der Waals surface area contributed by atoms with Gasteiger partial charge in [0.1, 0.15) is 11.5 Å². The number of aromatic nitrogens is 2. The van der Waals surface area contributed by atoms with Gasteiger partial charge in [-0.2, -0.15) is 5.10 Å². The van der Waals surface area contributed by atoms with Crippen LogP contribution in [0, 0.1) is 5.82 Å². The molecular formula is C19H15ClFN3O. The maximum atomic E-state index is 13.1. The molecule has 25 heavy (non-hydrogen) atoms. The molecule has 1 aromatic heterocycles. The summed E-state index contributed by atoms with van der Waals surface area (Å²) >= 11 is 5.95. The molecule has 0 aliphatic heterocycles. The molecule has 4 nitrogen and oxygen atoms in total. The summed E-state index contributed by atoms with van der Waals surface area (Å²) in [4.78, 5) is 12.6. The largest absolute Gasteiger partial charge is 0.319 e. The molecule has 0 radical (unpaired) electrons. The molecule has 1 fully saturated rings. The summed E-state index contributed by atoms with van der Waals surface area (Å²) < 4.78 is 13.1. The lowest BCUT2D eigenvalue weighted by Gasteiger charge is -2.08. The Morgan fingerprint density at radius 2 is 1.80 bits per heavy atom. The zero-order valence-electron chi connectivity index (χ0n) is 13.2. The Balaban J connectivity index is 1.69. The van der Waals surface area contributed by atoms with Gasteiger partial charge in [0.15, 0.2) is 0 Å². The number of nitrogens with one attached hydrogen (secondary N) is 2. The highest BCUT2D eigenvalue weighted by atomic mass is 35.5. The van der Waals surface area contributed by atoms with Gasteiger partial charge < -0.3 is 5.32 Å². The van der Waals surface area contributed by atoms with Crippen LogP contribution in [0.15, 0.2) is 48.5 Å². The zero-order chi connectivity index (χ0) is 17.4. The van der Waals surface area contributed by atoms with Gasteiger partial charge in [0.05, 0.1) is 11.4 Å². The number of anilines is 1. The van der Waals surface area contributed by atoms with Gasteiger partial charge in [0.2, 0.25) is 0 Å². The fourth-order valence-electron chi connectivity index (χ4n) is 2.75. The summed E-state index contributed by atoms with van der Waals surface area (Å²) in [5.74, 6) is -0.282. The molecule has 6 heteroatoms. The Kier molecular flexibility index (Phi) is 4.01. The van der Waals surface area contributed by atoms with Crippen LogP contribution < -0.4 is 5.32 Å². The first kappa shape index (κ1) is 15.8. The molecule has 3 aromatic rings. The number of hydrogen-bond donors (Lipinski definition) is 2. The van der Waals surface area contributed by atoms with E-state index < -0.39 is 0 Å². The molecule has 1 heterocycles. The second-order valence-electron chi connectivity index (χ2n) is 6.10. The van der Waals surface area contributed by atoms with E-state index in [1.54, 1.807) is 12.1 Å². The van der Waals surface area contributed by atoms with Gasteiger partial charge in [-0.15, -0.1) is 0 Å². The van der Waals surface area contributed by atoms with Crippen molar-refractivity contribution in [1.82, 2.24) is 10.2 Å². The molecule has 0 saturated heterocycles. The van der Waals surface area contributed by atoms with Crippen LogP contribution in [0.5, 0.6) is 0 Å². The molecule has 1 saturated carbocycles. The minimum atomic E-state index is -0.375. The monoisotopic (exact) mass is 355 g/mol. The zero-order valence-corrected chi connectivity index (χ0v) is 14.0. The standard InChI is InChI=1S/C19H15ClFN3O/c20-14-7-3-12(4-8-14)17-18(16(23-24-17)11-1-2-11)22-19(25)13-5-9-15(21)10-6-13/h3-11H,1-2H2,(H,22,25)(H,23,24). The van der Waals surface area contributed by atoms with E-state index in [4.69, 9.17) is 11.6 Å². The minimum Gasteiger partial charge on any atom is -0.319 e. The highest BCUT2D eigenvalue weighted by molar-refractivity contribution is 6.30. The molecule has 2 aromatic carbocycles. The normalized spacial score (nSPS) is 13.7. The van der Waals surface area contributed by atoms with Crippen LogP contribution >= 0.6 is 11.6 Å². The Morgan fingerprint density at radius 3 is 2.44 bits per heavy atom. The van der Waals surface area contributed by atoms with Crippen molar-refractivity contribution in [3.63, 3.8) is 0 Å². The first-order valence-electron chi connectivity index (χ1n) is 8.03. The maximum Gasteiger partial charge on any atom is 0.255 e. The van der Waals surface area contributed by atoms with E-state index in [1.807, 2.05) is 12.1 Å². The quantitative estimate of drug-likeness (QED) is 0.692. The number of H-pyrrole nitrogens is 1. The number of benzene rings is 2. The second kappa shape index (κ2) is 6.33. The molecule has 4 rings (SSSR count). The Bertz CT molecular complexity index is 915. The predicted molar refractivity (Wildman–Crippen MR) is 95.4 cm³/mol. The van der Waals surface area contributed by atoms with Crippen LogP contribution in [0.1, 0.15) is 34.8 Å². The summed E-state index contributed by atoms with van der Waals surface area (Å²) in [5.41, 5.74) is 3.54. The van der Waals surface area contributed by atoms with Gasteiger partial charge in [-0.1, -0.05) is 23.7 Å². The SMILES string of the molecule is O=C(Nc1c(-c2ccc(Cl)cc2)n[nH]c1C1CC1)c1ccc(F)cc1. The lowest BCUT2D eigenvalue weighted by molar-refractivity contribution is 0.102. The molecule has 0 bridgehead atoms. The van der Waals surface area contributed by atoms with Gasteiger partial charge in [-0.05, 0) is 49.2 Å². The number of carbonyl (C=O) groups excluding carboxylic acids is 1. The smallest absolute Gasteiger partial charge is 0.255 e. The van der Waals surface area contributed by atoms with Crippen molar-refractivity contribution in [2.45, 2.75) is 18.8 Å². The van der Waals surface area contributed by atoms with Crippen molar-refractivity contribution in [3.8, 4) is 11.3 Å². The lowest BCUT2D eigenvalue weighted by Crippen LogP contribution is -2.13. The number of aromatic amines is 1. The van der Waals surface area contributed by atoms with E-state index in [9.17, 15) is 9.18 Å². The van der Waals surface area contributed by atoms with E-state index in [0.29, 0.717) is 27.9 Å². The van der Waals surface area contributed by atoms with Crippen molar-refractivity contribution < 1.29 is 9.18 Å². The van der Waals surface area contributed by atoms with Crippen LogP contribution in [0.3, 0.4) is 0 Å². The van der Waals surface area contributed by atoms with Crippen molar-refractivity contribution in [2.75, 3.05) is 5.32 Å². The van der Waals surface area contributed by atoms with E-state index >= 15 is 0 Å². The number of hydrogen-bond acceptors (Lipinski definition) is 2. The Hall–Kier alpha value is -2.66. The second-order valence-corrected chi connectivity index (χ2v) is 6.54. The molecule has 0 spiro atoms. The highest BCUT2D eigenvalue weighted by Crippen LogP contribution is 2.45. The van der Waals surface area contributed by atoms with Crippen LogP contribution in [0.4, 0.5) is 10.1 Å². The molecule has 0 atom stereocenters. The van der Waals surface area contributed by atoms with Gasteiger partial charge in [0, 0.05) is 22.1 Å². The number of amides is 1. The molecule has 0 unspecified atom stereocenters. The van der Waals surface area contributed by atoms with Crippen LogP contribution in [-0.4, -0.2) is 16.1 Å². The van der Waals surface area contributed by atoms with Crippen LogP contribution in [0.2, 0.25) is 5.02 Å². The third-order valence-corrected chi connectivity index (χ3v) is 4.49. The average Bonchev–Trinajstić information content (AvgIpc) is 3.37. The van der Waals surface area contributed by atoms with E-state index in [1.165, 1.54) is 24.3 Å². The first-order chi connectivity index (χ1) is 12.1. The van der Waals surface area contributed by atoms with Crippen LogP contribution in [-0.2, 0) is 0 Å². The van der Waals surface area contributed by atoms with Gasteiger partial charge >= 0.3 is 0 Å². The summed E-state index contributed by atoms with van der Waals surface area (Å²) in [6.07, 6.45) is 2.14. The number of carbonyl (C=O) groups is 1. The topological polar surface area (TPSA) is 57.8 Å². The van der Waals surface area contributed by atoms with Gasteiger partial charge in [-0.3, -0.25) is 9.89 Å². The first-order valence-corrected chi connectivity index (χ1v) is 8.41. The molecule has 126 valence electrons. The summed E-state index contributed by atoms with van der Waals surface area (Å²) in [7, 11) is 0. The fourth-order valence-corrected chi connectivity index (χ4v) is 2.88. The molecule has 1 amide bonds. The highest BCUT2D eigenvalue weighted by Gasteiger charge is 2.31. The fraction of sp³-hybridized carbons (Fsp3) is 0.158. The van der Waals surface area contributed by atoms with Gasteiger partial charge in [-0.25, -0.2) is 4.39 Å². The minimum absolute atomic E-state index is 0.293. The van der Waals surface area contributed by atoms with Gasteiger partial charge in [0.25, 0.3) is 5.91 Å². The van der Waals surface area contributed by atoms with Crippen LogP contribution in [0.25, 0.3) is 11.3 Å². The van der Waals surface area contributed by atoms with Crippen molar-refractivity contribution >= 4 is 23.2 Å². The Labute approximate surface area is 149 Å². The average molecular weight is 356 g/mol. The summed E-state index contributed by atoms with van der Waals surface area (Å²) in [6.45, 7) is 0. The summed E-state index contributed by atoms with van der Waals surface area (Å²) in [6, 6.07) is 12.8. The molecule has 1 aliphatic carbocycles. The van der Waals surface area contributed by atoms with Crippen molar-refractivity contribution in [1.29, 1.82) is 0 Å². The van der Waals surface area contributed by atoms with E-state index in [-0.39, 0.29) is 11.7 Å². The third-order valence-electron chi connectivity index (χ3n) is 4.24. The number of nitrogens with zero attached hydrogens (tertiary/aromatic N) is 1. The molecule has 2 N–H and O–H groups in total. The van der Waals surface area contributed by atoms with E-state index in [2.05, 4.69) is 15.5 Å². The van der Waals surface area contributed by atoms with Crippen molar-refractivity contribution in [2.24, 2.45) is 0 Å². The number of halogens is 2. The number of rotatable bonds is 4. The molecule has 1 aliphatic rings. The maximum absolute atomic E-state index is 13.1. The Morgan fingerprint density at radius 1 is 1.12 bits per heavy atom. The third kappa shape index (κ3) is 3.28. The lowest BCUT2D eigenvalue weighted by atomic mass is 10.1.